The summed E-state index contributed by atoms with van der Waals surface area (Å²) in [5, 5.41) is 0. The quantitative estimate of drug-likeness (QED) is 0.658. The van der Waals surface area contributed by atoms with Crippen molar-refractivity contribution in [2.45, 2.75) is 0 Å². The van der Waals surface area contributed by atoms with Gasteiger partial charge in [-0.15, -0.1) is 0 Å². The standard InChI is InChI=1S/C8H8.C6H18N4/c1-2-8-6-4-3-5-7-8;7-1-4-10(5-2-8)6-3-9/h2-7H,1H2;1-9H2. The number of rotatable bonds is 7. The first-order valence-electron chi connectivity index (χ1n) is 6.28. The fraction of sp³-hybridized carbons (Fsp3) is 0.429. The van der Waals surface area contributed by atoms with Crippen molar-refractivity contribution in [2.75, 3.05) is 39.3 Å². The van der Waals surface area contributed by atoms with Crippen molar-refractivity contribution < 1.29 is 0 Å². The van der Waals surface area contributed by atoms with Crippen LogP contribution in [0.4, 0.5) is 0 Å². The monoisotopic (exact) mass is 250 g/mol. The van der Waals surface area contributed by atoms with E-state index in [1.807, 2.05) is 36.4 Å². The average Bonchev–Trinajstić information content (AvgIpc) is 2.41. The lowest BCUT2D eigenvalue weighted by atomic mass is 10.2. The van der Waals surface area contributed by atoms with Gasteiger partial charge in [-0.3, -0.25) is 4.90 Å². The second kappa shape index (κ2) is 12.3. The Balaban J connectivity index is 0.000000327. The van der Waals surface area contributed by atoms with Gasteiger partial charge in [-0.25, -0.2) is 0 Å². The lowest BCUT2D eigenvalue weighted by Crippen LogP contribution is -2.37. The lowest BCUT2D eigenvalue weighted by molar-refractivity contribution is 0.297. The molecule has 102 valence electrons. The van der Waals surface area contributed by atoms with E-state index in [1.54, 1.807) is 0 Å². The van der Waals surface area contributed by atoms with Crippen LogP contribution in [0.1, 0.15) is 5.56 Å². The zero-order chi connectivity index (χ0) is 13.6. The summed E-state index contributed by atoms with van der Waals surface area (Å²) < 4.78 is 0. The van der Waals surface area contributed by atoms with Crippen molar-refractivity contribution in [1.29, 1.82) is 0 Å². The minimum atomic E-state index is 0.681. The van der Waals surface area contributed by atoms with Gasteiger partial charge in [0, 0.05) is 39.3 Å². The maximum absolute atomic E-state index is 5.37. The summed E-state index contributed by atoms with van der Waals surface area (Å²) in [7, 11) is 0. The Morgan fingerprint density at radius 1 is 0.889 bits per heavy atom. The second-order valence-corrected chi connectivity index (χ2v) is 3.82. The van der Waals surface area contributed by atoms with Gasteiger partial charge in [0.15, 0.2) is 0 Å². The van der Waals surface area contributed by atoms with E-state index in [2.05, 4.69) is 11.5 Å². The molecule has 1 rings (SSSR count). The molecular weight excluding hydrogens is 224 g/mol. The molecule has 0 aliphatic carbocycles. The van der Waals surface area contributed by atoms with Crippen molar-refractivity contribution in [1.82, 2.24) is 4.90 Å². The molecule has 0 unspecified atom stereocenters. The molecule has 18 heavy (non-hydrogen) atoms. The molecule has 1 aromatic carbocycles. The van der Waals surface area contributed by atoms with Crippen molar-refractivity contribution in [3.05, 3.63) is 42.5 Å². The number of hydrogen-bond donors (Lipinski definition) is 3. The minimum Gasteiger partial charge on any atom is -0.329 e. The molecule has 0 aliphatic rings. The fourth-order valence-corrected chi connectivity index (χ4v) is 1.47. The van der Waals surface area contributed by atoms with E-state index < -0.39 is 0 Å². The Bertz CT molecular complexity index is 273. The summed E-state index contributed by atoms with van der Waals surface area (Å²) in [6.45, 7) is 8.36. The van der Waals surface area contributed by atoms with Gasteiger partial charge in [0.05, 0.1) is 0 Å². The van der Waals surface area contributed by atoms with Crippen LogP contribution in [0.5, 0.6) is 0 Å². The van der Waals surface area contributed by atoms with Crippen LogP contribution in [0.2, 0.25) is 0 Å². The average molecular weight is 250 g/mol. The number of nitrogens with zero attached hydrogens (tertiary/aromatic N) is 1. The number of nitrogens with two attached hydrogens (primary N) is 3. The van der Waals surface area contributed by atoms with Crippen LogP contribution in [-0.2, 0) is 0 Å². The molecule has 0 spiro atoms. The van der Waals surface area contributed by atoms with Gasteiger partial charge >= 0.3 is 0 Å². The largest absolute Gasteiger partial charge is 0.329 e. The van der Waals surface area contributed by atoms with E-state index in [0.717, 1.165) is 19.6 Å². The molecule has 0 fully saturated rings. The Labute approximate surface area is 110 Å². The van der Waals surface area contributed by atoms with E-state index in [-0.39, 0.29) is 0 Å². The van der Waals surface area contributed by atoms with Gasteiger partial charge in [0.1, 0.15) is 0 Å². The van der Waals surface area contributed by atoms with E-state index >= 15 is 0 Å². The normalized spacial score (nSPS) is 9.78. The zero-order valence-corrected chi connectivity index (χ0v) is 11.1. The third kappa shape index (κ3) is 8.90. The predicted molar refractivity (Wildman–Crippen MR) is 80.1 cm³/mol. The molecule has 4 nitrogen and oxygen atoms in total. The fourth-order valence-electron chi connectivity index (χ4n) is 1.47. The molecule has 0 amide bonds. The highest BCUT2D eigenvalue weighted by molar-refractivity contribution is 5.45. The molecule has 0 bridgehead atoms. The summed E-state index contributed by atoms with van der Waals surface area (Å²) in [6.07, 6.45) is 1.83. The molecule has 0 radical (unpaired) electrons. The minimum absolute atomic E-state index is 0.681. The molecule has 0 saturated heterocycles. The van der Waals surface area contributed by atoms with Crippen molar-refractivity contribution in [3.8, 4) is 0 Å². The third-order valence-corrected chi connectivity index (χ3v) is 2.37. The highest BCUT2D eigenvalue weighted by atomic mass is 15.1. The first-order chi connectivity index (χ1) is 8.78. The van der Waals surface area contributed by atoms with Crippen LogP contribution < -0.4 is 17.2 Å². The topological polar surface area (TPSA) is 81.3 Å². The van der Waals surface area contributed by atoms with Crippen LogP contribution in [0, 0.1) is 0 Å². The van der Waals surface area contributed by atoms with Crippen molar-refractivity contribution >= 4 is 6.08 Å². The van der Waals surface area contributed by atoms with E-state index in [1.165, 1.54) is 5.56 Å². The third-order valence-electron chi connectivity index (χ3n) is 2.37. The van der Waals surface area contributed by atoms with Crippen LogP contribution >= 0.6 is 0 Å². The van der Waals surface area contributed by atoms with Crippen LogP contribution in [0.15, 0.2) is 36.9 Å². The zero-order valence-electron chi connectivity index (χ0n) is 11.1. The van der Waals surface area contributed by atoms with E-state index in [9.17, 15) is 0 Å². The van der Waals surface area contributed by atoms with Gasteiger partial charge in [-0.05, 0) is 5.56 Å². The highest BCUT2D eigenvalue weighted by Gasteiger charge is 1.98. The van der Waals surface area contributed by atoms with Crippen LogP contribution in [0.3, 0.4) is 0 Å². The molecular formula is C14H26N4. The predicted octanol–water partition coefficient (Wildman–Crippen LogP) is 0.494. The molecule has 1 aromatic rings. The van der Waals surface area contributed by atoms with Gasteiger partial charge in [-0.1, -0.05) is 43.0 Å². The summed E-state index contributed by atoms with van der Waals surface area (Å²) in [5.41, 5.74) is 17.3. The Morgan fingerprint density at radius 3 is 1.61 bits per heavy atom. The van der Waals surface area contributed by atoms with Gasteiger partial charge in [0.2, 0.25) is 0 Å². The molecule has 6 N–H and O–H groups in total. The second-order valence-electron chi connectivity index (χ2n) is 3.82. The number of benzene rings is 1. The van der Waals surface area contributed by atoms with Crippen molar-refractivity contribution in [3.63, 3.8) is 0 Å². The Kier molecular flexibility index (Phi) is 11.4. The first-order valence-corrected chi connectivity index (χ1v) is 6.28. The van der Waals surface area contributed by atoms with E-state index in [4.69, 9.17) is 17.2 Å². The molecule has 0 saturated carbocycles. The van der Waals surface area contributed by atoms with Gasteiger partial charge < -0.3 is 17.2 Å². The van der Waals surface area contributed by atoms with Gasteiger partial charge in [0.25, 0.3) is 0 Å². The van der Waals surface area contributed by atoms with Crippen LogP contribution in [-0.4, -0.2) is 44.2 Å². The highest BCUT2D eigenvalue weighted by Crippen LogP contribution is 1.97. The smallest absolute Gasteiger partial charge is 0.0106 e. The van der Waals surface area contributed by atoms with Gasteiger partial charge in [-0.2, -0.15) is 0 Å². The Morgan fingerprint density at radius 2 is 1.33 bits per heavy atom. The van der Waals surface area contributed by atoms with Crippen molar-refractivity contribution in [2.24, 2.45) is 17.2 Å². The molecule has 0 aromatic heterocycles. The Hall–Kier alpha value is -1.20. The maximum Gasteiger partial charge on any atom is 0.0106 e. The first kappa shape index (κ1) is 16.8. The summed E-state index contributed by atoms with van der Waals surface area (Å²) in [4.78, 5) is 2.17. The molecule has 4 heteroatoms. The summed E-state index contributed by atoms with van der Waals surface area (Å²) >= 11 is 0. The SMILES string of the molecule is C=Cc1ccccc1.NCCN(CCN)CCN. The maximum atomic E-state index is 5.37. The molecule has 0 aliphatic heterocycles. The molecule has 0 heterocycles. The van der Waals surface area contributed by atoms with Crippen LogP contribution in [0.25, 0.3) is 6.08 Å². The number of hydrogen-bond acceptors (Lipinski definition) is 4. The molecule has 0 atom stereocenters. The summed E-state index contributed by atoms with van der Waals surface area (Å²) in [5.74, 6) is 0. The van der Waals surface area contributed by atoms with E-state index in [0.29, 0.717) is 19.6 Å². The lowest BCUT2D eigenvalue weighted by Gasteiger charge is -2.18. The summed E-state index contributed by atoms with van der Waals surface area (Å²) in [6, 6.07) is 10.0.